The quantitative estimate of drug-likeness (QED) is 0.816. The highest BCUT2D eigenvalue weighted by molar-refractivity contribution is 7.92. The summed E-state index contributed by atoms with van der Waals surface area (Å²) in [6.45, 7) is 1.23. The van der Waals surface area contributed by atoms with Gasteiger partial charge < -0.3 is 15.5 Å². The molecule has 2 heterocycles. The van der Waals surface area contributed by atoms with E-state index < -0.39 is 20.2 Å². The fraction of sp³-hybridized carbons (Fsp3) is 0.250. The Labute approximate surface area is 153 Å². The molecule has 0 bridgehead atoms. The van der Waals surface area contributed by atoms with Gasteiger partial charge in [0.05, 0.1) is 29.0 Å². The Bertz CT molecular complexity index is 946. The molecule has 2 N–H and O–H groups in total. The number of aromatic nitrogens is 1. The molecule has 0 radical (unpaired) electrons. The van der Waals surface area contributed by atoms with E-state index in [-0.39, 0.29) is 18.1 Å². The summed E-state index contributed by atoms with van der Waals surface area (Å²) >= 11 is 0. The topological polar surface area (TPSA) is 91.4 Å². The Kier molecular flexibility index (Phi) is 4.96. The number of carbonyl (C=O) groups is 1. The highest BCUT2D eigenvalue weighted by atomic mass is 32.2. The van der Waals surface area contributed by atoms with Gasteiger partial charge in [-0.1, -0.05) is 12.1 Å². The van der Waals surface area contributed by atoms with Gasteiger partial charge in [0, 0.05) is 13.1 Å². The number of benzene rings is 1. The zero-order valence-electron chi connectivity index (χ0n) is 13.8. The lowest BCUT2D eigenvalue weighted by atomic mass is 10.3. The van der Waals surface area contributed by atoms with E-state index in [0.717, 1.165) is 6.07 Å². The Morgan fingerprint density at radius 3 is 2.52 bits per heavy atom. The minimum absolute atomic E-state index is 0.128. The molecule has 1 aromatic carbocycles. The number of alkyl halides is 3. The molecule has 0 saturated carbocycles. The molecule has 0 spiro atoms. The molecular weight excluding hydrogens is 385 g/mol. The number of nitrogens with one attached hydrogen (secondary N) is 2. The zero-order chi connectivity index (χ0) is 19.7. The van der Waals surface area contributed by atoms with Crippen molar-refractivity contribution in [2.75, 3.05) is 29.9 Å². The summed E-state index contributed by atoms with van der Waals surface area (Å²) in [6, 6.07) is 7.91. The first-order valence-electron chi connectivity index (χ1n) is 7.83. The van der Waals surface area contributed by atoms with Crippen LogP contribution in [0.2, 0.25) is 0 Å². The van der Waals surface area contributed by atoms with Gasteiger partial charge in [0.25, 0.3) is 9.84 Å². The third-order valence-electron chi connectivity index (χ3n) is 3.87. The van der Waals surface area contributed by atoms with E-state index in [0.29, 0.717) is 24.6 Å². The first-order chi connectivity index (χ1) is 12.7. The van der Waals surface area contributed by atoms with Gasteiger partial charge in [0.15, 0.2) is 0 Å². The van der Waals surface area contributed by atoms with E-state index >= 15 is 0 Å². The van der Waals surface area contributed by atoms with Gasteiger partial charge in [0.1, 0.15) is 5.82 Å². The standard InChI is InChI=1S/C16H15F3N4O3S/c17-16(18,19)27(25,26)13-4-2-1-3-12(13)22-11-5-6-14(21-9-11)23-8-7-20-15(24)10-23/h1-6,9,22H,7-8,10H2,(H,20,24). The Hall–Kier alpha value is -2.82. The number of sulfone groups is 1. The number of pyridine rings is 1. The minimum atomic E-state index is -5.49. The maximum absolute atomic E-state index is 12.9. The van der Waals surface area contributed by atoms with E-state index in [1.165, 1.54) is 24.4 Å². The number of rotatable bonds is 4. The van der Waals surface area contributed by atoms with Gasteiger partial charge >= 0.3 is 5.51 Å². The molecule has 11 heteroatoms. The number of piperazine rings is 1. The SMILES string of the molecule is O=C1CN(c2ccc(Nc3ccccc3S(=O)(=O)C(F)(F)F)cn2)CCN1. The minimum Gasteiger partial charge on any atom is -0.353 e. The van der Waals surface area contributed by atoms with E-state index in [1.807, 2.05) is 0 Å². The number of nitrogens with zero attached hydrogens (tertiary/aromatic N) is 2. The summed E-state index contributed by atoms with van der Waals surface area (Å²) < 4.78 is 62.0. The molecule has 3 rings (SSSR count). The smallest absolute Gasteiger partial charge is 0.353 e. The molecule has 1 fully saturated rings. The first-order valence-corrected chi connectivity index (χ1v) is 9.32. The summed E-state index contributed by atoms with van der Waals surface area (Å²) in [5, 5.41) is 5.34. The van der Waals surface area contributed by atoms with Crippen LogP contribution < -0.4 is 15.5 Å². The fourth-order valence-electron chi connectivity index (χ4n) is 2.57. The molecule has 0 aliphatic carbocycles. The van der Waals surface area contributed by atoms with Crippen LogP contribution in [0, 0.1) is 0 Å². The Balaban J connectivity index is 1.84. The lowest BCUT2D eigenvalue weighted by molar-refractivity contribution is -0.120. The van der Waals surface area contributed by atoms with Crippen LogP contribution in [0.4, 0.5) is 30.4 Å². The third-order valence-corrected chi connectivity index (χ3v) is 5.41. The van der Waals surface area contributed by atoms with Crippen LogP contribution in [0.1, 0.15) is 0 Å². The molecule has 2 aromatic rings. The van der Waals surface area contributed by atoms with E-state index in [9.17, 15) is 26.4 Å². The molecule has 7 nitrogen and oxygen atoms in total. The molecule has 1 aliphatic rings. The molecule has 0 unspecified atom stereocenters. The first kappa shape index (κ1) is 19.0. The van der Waals surface area contributed by atoms with Gasteiger partial charge in [0.2, 0.25) is 5.91 Å². The van der Waals surface area contributed by atoms with Gasteiger partial charge in [-0.15, -0.1) is 0 Å². The average molecular weight is 400 g/mol. The van der Waals surface area contributed by atoms with Crippen molar-refractivity contribution >= 4 is 32.9 Å². The highest BCUT2D eigenvalue weighted by Gasteiger charge is 2.47. The zero-order valence-corrected chi connectivity index (χ0v) is 14.6. The number of para-hydroxylation sites is 1. The number of hydrogen-bond donors (Lipinski definition) is 2. The van der Waals surface area contributed by atoms with Gasteiger partial charge in [-0.3, -0.25) is 4.79 Å². The van der Waals surface area contributed by atoms with Crippen LogP contribution in [-0.4, -0.2) is 44.5 Å². The molecular formula is C16H15F3N4O3S. The van der Waals surface area contributed by atoms with Crippen molar-refractivity contribution in [2.24, 2.45) is 0 Å². The molecule has 27 heavy (non-hydrogen) atoms. The average Bonchev–Trinajstić information content (AvgIpc) is 2.62. The molecule has 1 aliphatic heterocycles. The van der Waals surface area contributed by atoms with Crippen LogP contribution in [0.15, 0.2) is 47.5 Å². The van der Waals surface area contributed by atoms with Crippen molar-refractivity contribution in [3.63, 3.8) is 0 Å². The monoisotopic (exact) mass is 400 g/mol. The number of anilines is 3. The summed E-state index contributed by atoms with van der Waals surface area (Å²) in [6.07, 6.45) is 1.36. The van der Waals surface area contributed by atoms with Crippen LogP contribution >= 0.6 is 0 Å². The van der Waals surface area contributed by atoms with Crippen molar-refractivity contribution < 1.29 is 26.4 Å². The maximum Gasteiger partial charge on any atom is 0.501 e. The molecule has 1 amide bonds. The predicted octanol–water partition coefficient (Wildman–Crippen LogP) is 2.05. The highest BCUT2D eigenvalue weighted by Crippen LogP contribution is 2.35. The lowest BCUT2D eigenvalue weighted by Crippen LogP contribution is -2.48. The van der Waals surface area contributed by atoms with Gasteiger partial charge in [-0.25, -0.2) is 13.4 Å². The Morgan fingerprint density at radius 2 is 1.89 bits per heavy atom. The van der Waals surface area contributed by atoms with Crippen LogP contribution in [0.5, 0.6) is 0 Å². The van der Waals surface area contributed by atoms with E-state index in [4.69, 9.17) is 0 Å². The van der Waals surface area contributed by atoms with Crippen LogP contribution in [0.3, 0.4) is 0 Å². The van der Waals surface area contributed by atoms with Crippen molar-refractivity contribution in [1.29, 1.82) is 0 Å². The number of carbonyl (C=O) groups excluding carboxylic acids is 1. The third kappa shape index (κ3) is 3.97. The second kappa shape index (κ2) is 7.06. The summed E-state index contributed by atoms with van der Waals surface area (Å²) in [7, 11) is -5.49. The van der Waals surface area contributed by atoms with Crippen LogP contribution in [0.25, 0.3) is 0 Å². The molecule has 1 aromatic heterocycles. The van der Waals surface area contributed by atoms with Crippen molar-refractivity contribution in [3.05, 3.63) is 42.6 Å². The molecule has 0 atom stereocenters. The molecule has 144 valence electrons. The Morgan fingerprint density at radius 1 is 1.15 bits per heavy atom. The second-order valence-electron chi connectivity index (χ2n) is 5.75. The largest absolute Gasteiger partial charge is 0.501 e. The maximum atomic E-state index is 12.9. The predicted molar refractivity (Wildman–Crippen MR) is 92.4 cm³/mol. The summed E-state index contributed by atoms with van der Waals surface area (Å²) in [4.78, 5) is 16.5. The van der Waals surface area contributed by atoms with Crippen molar-refractivity contribution in [1.82, 2.24) is 10.3 Å². The van der Waals surface area contributed by atoms with Gasteiger partial charge in [-0.2, -0.15) is 13.2 Å². The lowest BCUT2D eigenvalue weighted by Gasteiger charge is -2.27. The fourth-order valence-corrected chi connectivity index (χ4v) is 3.48. The van der Waals surface area contributed by atoms with Crippen molar-refractivity contribution in [2.45, 2.75) is 10.4 Å². The van der Waals surface area contributed by atoms with Crippen molar-refractivity contribution in [3.8, 4) is 0 Å². The summed E-state index contributed by atoms with van der Waals surface area (Å²) in [5.41, 5.74) is -5.30. The number of halogens is 3. The number of hydrogen-bond acceptors (Lipinski definition) is 6. The second-order valence-corrected chi connectivity index (χ2v) is 7.66. The number of amides is 1. The van der Waals surface area contributed by atoms with E-state index in [1.54, 1.807) is 17.0 Å². The van der Waals surface area contributed by atoms with Gasteiger partial charge in [-0.05, 0) is 24.3 Å². The molecule has 1 saturated heterocycles. The van der Waals surface area contributed by atoms with Crippen LogP contribution in [-0.2, 0) is 14.6 Å². The van der Waals surface area contributed by atoms with E-state index in [2.05, 4.69) is 15.6 Å². The summed E-state index contributed by atoms with van der Waals surface area (Å²) in [5.74, 6) is 0.406. The normalized spacial score (nSPS) is 15.4.